The standard InChI is InChI=1S/C17H19F3N2O/c1-2-8-22-9-6-12(7-10-22)13-4-3-5-14(15(13)11-21)16(23)17(18,19)20/h2-5,12,16,23H,1,6-10H2. The van der Waals surface area contributed by atoms with Crippen molar-refractivity contribution in [2.75, 3.05) is 19.6 Å². The maximum absolute atomic E-state index is 12.8. The van der Waals surface area contributed by atoms with Crippen LogP contribution in [0.25, 0.3) is 0 Å². The number of likely N-dealkylation sites (tertiary alicyclic amines) is 1. The highest BCUT2D eigenvalue weighted by atomic mass is 19.4. The molecule has 1 saturated heterocycles. The minimum Gasteiger partial charge on any atom is -0.379 e. The molecular formula is C17H19F3N2O. The fraction of sp³-hybridized carbons (Fsp3) is 0.471. The van der Waals surface area contributed by atoms with Gasteiger partial charge in [0.2, 0.25) is 0 Å². The monoisotopic (exact) mass is 324 g/mol. The van der Waals surface area contributed by atoms with Crippen molar-refractivity contribution >= 4 is 0 Å². The first kappa shape index (κ1) is 17.5. The Hall–Kier alpha value is -1.84. The molecule has 124 valence electrons. The highest BCUT2D eigenvalue weighted by Gasteiger charge is 2.41. The Balaban J connectivity index is 2.27. The maximum Gasteiger partial charge on any atom is 0.418 e. The summed E-state index contributed by atoms with van der Waals surface area (Å²) in [6.07, 6.45) is -4.04. The number of hydrogen-bond donors (Lipinski definition) is 1. The number of benzene rings is 1. The van der Waals surface area contributed by atoms with E-state index < -0.39 is 12.3 Å². The smallest absolute Gasteiger partial charge is 0.379 e. The summed E-state index contributed by atoms with van der Waals surface area (Å²) in [5, 5.41) is 18.8. The van der Waals surface area contributed by atoms with E-state index in [9.17, 15) is 23.5 Å². The summed E-state index contributed by atoms with van der Waals surface area (Å²) in [5.74, 6) is 0.0334. The molecule has 1 heterocycles. The average molecular weight is 324 g/mol. The minimum absolute atomic E-state index is 0.0334. The molecule has 0 aliphatic carbocycles. The summed E-state index contributed by atoms with van der Waals surface area (Å²) in [6.45, 7) is 6.10. The first-order valence-electron chi connectivity index (χ1n) is 7.49. The van der Waals surface area contributed by atoms with Gasteiger partial charge < -0.3 is 5.11 Å². The fourth-order valence-electron chi connectivity index (χ4n) is 3.07. The molecule has 2 rings (SSSR count). The first-order chi connectivity index (χ1) is 10.9. The third-order valence-electron chi connectivity index (χ3n) is 4.26. The van der Waals surface area contributed by atoms with Crippen LogP contribution in [0, 0.1) is 11.3 Å². The fourth-order valence-corrected chi connectivity index (χ4v) is 3.07. The predicted molar refractivity (Wildman–Crippen MR) is 80.8 cm³/mol. The van der Waals surface area contributed by atoms with Crippen molar-refractivity contribution < 1.29 is 18.3 Å². The number of piperidine rings is 1. The van der Waals surface area contributed by atoms with E-state index in [0.717, 1.165) is 32.5 Å². The molecule has 1 atom stereocenters. The van der Waals surface area contributed by atoms with E-state index in [1.54, 1.807) is 6.07 Å². The molecule has 1 N–H and O–H groups in total. The van der Waals surface area contributed by atoms with Crippen LogP contribution in [0.1, 0.15) is 41.6 Å². The summed E-state index contributed by atoms with van der Waals surface area (Å²) in [7, 11) is 0. The molecule has 6 heteroatoms. The predicted octanol–water partition coefficient (Wildman–Crippen LogP) is 3.52. The van der Waals surface area contributed by atoms with Gasteiger partial charge in [0.05, 0.1) is 11.6 Å². The van der Waals surface area contributed by atoms with Crippen molar-refractivity contribution in [2.24, 2.45) is 0 Å². The maximum atomic E-state index is 12.8. The van der Waals surface area contributed by atoms with Crippen LogP contribution in [0.2, 0.25) is 0 Å². The average Bonchev–Trinajstić information content (AvgIpc) is 2.53. The third kappa shape index (κ3) is 3.92. The molecule has 0 radical (unpaired) electrons. The van der Waals surface area contributed by atoms with Gasteiger partial charge in [-0.05, 0) is 37.4 Å². The minimum atomic E-state index is -4.78. The van der Waals surface area contributed by atoms with Crippen LogP contribution in [-0.4, -0.2) is 35.8 Å². The second-order valence-corrected chi connectivity index (χ2v) is 5.73. The Morgan fingerprint density at radius 3 is 2.57 bits per heavy atom. The molecule has 23 heavy (non-hydrogen) atoms. The quantitative estimate of drug-likeness (QED) is 0.862. The number of aliphatic hydroxyl groups is 1. The van der Waals surface area contributed by atoms with Crippen molar-refractivity contribution in [1.82, 2.24) is 4.90 Å². The summed E-state index contributed by atoms with van der Waals surface area (Å²) >= 11 is 0. The van der Waals surface area contributed by atoms with Gasteiger partial charge in [0.25, 0.3) is 0 Å². The van der Waals surface area contributed by atoms with E-state index >= 15 is 0 Å². The van der Waals surface area contributed by atoms with Crippen LogP contribution in [-0.2, 0) is 0 Å². The van der Waals surface area contributed by atoms with Gasteiger partial charge in [0.1, 0.15) is 0 Å². The number of aliphatic hydroxyl groups excluding tert-OH is 1. The van der Waals surface area contributed by atoms with E-state index in [-0.39, 0.29) is 17.0 Å². The Kier molecular flexibility index (Phi) is 5.45. The number of alkyl halides is 3. The highest BCUT2D eigenvalue weighted by Crippen LogP contribution is 2.38. The molecular weight excluding hydrogens is 305 g/mol. The van der Waals surface area contributed by atoms with Crippen LogP contribution in [0.4, 0.5) is 13.2 Å². The number of hydrogen-bond acceptors (Lipinski definition) is 3. The number of halogens is 3. The Morgan fingerprint density at radius 2 is 2.04 bits per heavy atom. The molecule has 1 aromatic rings. The zero-order chi connectivity index (χ0) is 17.0. The summed E-state index contributed by atoms with van der Waals surface area (Å²) in [6, 6.07) is 6.21. The van der Waals surface area contributed by atoms with Gasteiger partial charge in [0.15, 0.2) is 6.10 Å². The molecule has 3 nitrogen and oxygen atoms in total. The van der Waals surface area contributed by atoms with Gasteiger partial charge in [-0.15, -0.1) is 6.58 Å². The SMILES string of the molecule is C=CCN1CCC(c2cccc(C(O)C(F)(F)F)c2C#N)CC1. The number of nitrogens with zero attached hydrogens (tertiary/aromatic N) is 2. The molecule has 0 aromatic heterocycles. The molecule has 1 aromatic carbocycles. The number of nitriles is 1. The van der Waals surface area contributed by atoms with Crippen molar-refractivity contribution in [3.05, 3.63) is 47.5 Å². The molecule has 1 fully saturated rings. The second kappa shape index (κ2) is 7.16. The molecule has 1 aliphatic rings. The molecule has 0 saturated carbocycles. The lowest BCUT2D eigenvalue weighted by atomic mass is 9.84. The zero-order valence-electron chi connectivity index (χ0n) is 12.7. The van der Waals surface area contributed by atoms with Gasteiger partial charge in [-0.2, -0.15) is 18.4 Å². The Bertz CT molecular complexity index is 599. The van der Waals surface area contributed by atoms with Crippen molar-refractivity contribution in [2.45, 2.75) is 31.0 Å². The number of rotatable bonds is 4. The first-order valence-corrected chi connectivity index (χ1v) is 7.49. The molecule has 1 unspecified atom stereocenters. The van der Waals surface area contributed by atoms with Crippen LogP contribution in [0.5, 0.6) is 0 Å². The zero-order valence-corrected chi connectivity index (χ0v) is 12.7. The topological polar surface area (TPSA) is 47.3 Å². The summed E-state index contributed by atoms with van der Waals surface area (Å²) in [5.41, 5.74) is 0.206. The van der Waals surface area contributed by atoms with Crippen molar-refractivity contribution in [1.29, 1.82) is 5.26 Å². The van der Waals surface area contributed by atoms with Crippen molar-refractivity contribution in [3.8, 4) is 6.07 Å². The normalized spacial score (nSPS) is 18.4. The van der Waals surface area contributed by atoms with E-state index in [1.807, 2.05) is 12.1 Å². The van der Waals surface area contributed by atoms with Gasteiger partial charge >= 0.3 is 6.18 Å². The van der Waals surface area contributed by atoms with Crippen LogP contribution in [0.15, 0.2) is 30.9 Å². The van der Waals surface area contributed by atoms with E-state index in [1.165, 1.54) is 12.1 Å². The summed E-state index contributed by atoms with van der Waals surface area (Å²) in [4.78, 5) is 2.21. The lowest BCUT2D eigenvalue weighted by Gasteiger charge is -2.32. The third-order valence-corrected chi connectivity index (χ3v) is 4.26. The Labute approximate surface area is 133 Å². The lowest BCUT2D eigenvalue weighted by Crippen LogP contribution is -2.33. The summed E-state index contributed by atoms with van der Waals surface area (Å²) < 4.78 is 38.4. The lowest BCUT2D eigenvalue weighted by molar-refractivity contribution is -0.206. The molecule has 1 aliphatic heterocycles. The van der Waals surface area contributed by atoms with Gasteiger partial charge in [0, 0.05) is 12.1 Å². The molecule has 0 spiro atoms. The van der Waals surface area contributed by atoms with Gasteiger partial charge in [-0.25, -0.2) is 0 Å². The van der Waals surface area contributed by atoms with Crippen LogP contribution in [0.3, 0.4) is 0 Å². The molecule has 0 bridgehead atoms. The van der Waals surface area contributed by atoms with E-state index in [4.69, 9.17) is 0 Å². The second-order valence-electron chi connectivity index (χ2n) is 5.73. The van der Waals surface area contributed by atoms with Gasteiger partial charge in [-0.3, -0.25) is 4.90 Å². The van der Waals surface area contributed by atoms with Crippen LogP contribution < -0.4 is 0 Å². The van der Waals surface area contributed by atoms with Crippen molar-refractivity contribution in [3.63, 3.8) is 0 Å². The van der Waals surface area contributed by atoms with Gasteiger partial charge in [-0.1, -0.05) is 24.3 Å². The van der Waals surface area contributed by atoms with Crippen LogP contribution >= 0.6 is 0 Å². The largest absolute Gasteiger partial charge is 0.418 e. The molecule has 0 amide bonds. The Morgan fingerprint density at radius 1 is 1.39 bits per heavy atom. The highest BCUT2D eigenvalue weighted by molar-refractivity contribution is 5.47. The van der Waals surface area contributed by atoms with E-state index in [2.05, 4.69) is 11.5 Å². The van der Waals surface area contributed by atoms with E-state index in [0.29, 0.717) is 5.56 Å².